The van der Waals surface area contributed by atoms with Crippen LogP contribution in [-0.4, -0.2) is 23.5 Å². The van der Waals surface area contributed by atoms with E-state index in [-0.39, 0.29) is 26.3 Å². The van der Waals surface area contributed by atoms with Crippen molar-refractivity contribution in [3.05, 3.63) is 103 Å². The van der Waals surface area contributed by atoms with Crippen molar-refractivity contribution in [2.75, 3.05) is 9.80 Å². The fraction of sp³-hybridized carbons (Fsp3) is 0. The van der Waals surface area contributed by atoms with Crippen LogP contribution in [0.2, 0.25) is 0 Å². The molecule has 6 nitrogen and oxygen atoms in total. The lowest BCUT2D eigenvalue weighted by molar-refractivity contribution is 0.593. The molecule has 0 saturated carbocycles. The van der Waals surface area contributed by atoms with E-state index in [0.717, 1.165) is 27.8 Å². The van der Waals surface area contributed by atoms with Crippen LogP contribution in [0.25, 0.3) is 0 Å². The fourth-order valence-electron chi connectivity index (χ4n) is 6.88. The number of benzene rings is 5. The lowest BCUT2D eigenvalue weighted by atomic mass is 9.33. The monoisotopic (exact) mass is 544 g/mol. The van der Waals surface area contributed by atoms with E-state index in [4.69, 9.17) is 0 Å². The Morgan fingerprint density at radius 2 is 0.821 bits per heavy atom. The molecule has 39 heavy (non-hydrogen) atoms. The maximum Gasteiger partial charge on any atom is 0.252 e. The van der Waals surface area contributed by atoms with E-state index < -0.39 is 19.7 Å². The summed E-state index contributed by atoms with van der Waals surface area (Å²) in [5.41, 5.74) is 6.99. The molecule has 0 radical (unpaired) electrons. The third-order valence-corrected chi connectivity index (χ3v) is 12.0. The van der Waals surface area contributed by atoms with Crippen molar-refractivity contribution in [3.8, 4) is 0 Å². The second-order valence-corrected chi connectivity index (χ2v) is 13.9. The number of hydrogen-bond acceptors (Lipinski definition) is 6. The molecule has 5 aromatic rings. The first kappa shape index (κ1) is 21.6. The van der Waals surface area contributed by atoms with Gasteiger partial charge in [0.25, 0.3) is 6.71 Å². The van der Waals surface area contributed by atoms with Crippen molar-refractivity contribution < 1.29 is 16.8 Å². The van der Waals surface area contributed by atoms with Gasteiger partial charge in [-0.05, 0) is 64.9 Å². The van der Waals surface area contributed by atoms with Gasteiger partial charge in [-0.3, -0.25) is 0 Å². The minimum Gasteiger partial charge on any atom is -0.309 e. The lowest BCUT2D eigenvalue weighted by Gasteiger charge is -2.47. The molecule has 0 N–H and O–H groups in total. The minimum absolute atomic E-state index is 0.264. The van der Waals surface area contributed by atoms with E-state index in [1.54, 1.807) is 48.5 Å². The first-order valence-corrected chi connectivity index (χ1v) is 15.5. The Morgan fingerprint density at radius 1 is 0.436 bits per heavy atom. The molecule has 0 spiro atoms. The van der Waals surface area contributed by atoms with Gasteiger partial charge in [0.05, 0.1) is 42.3 Å². The van der Waals surface area contributed by atoms with Crippen LogP contribution in [0, 0.1) is 0 Å². The smallest absolute Gasteiger partial charge is 0.252 e. The first-order chi connectivity index (χ1) is 18.9. The van der Waals surface area contributed by atoms with Gasteiger partial charge in [-0.2, -0.15) is 0 Å². The molecule has 0 saturated heterocycles. The van der Waals surface area contributed by atoms with Crippen molar-refractivity contribution in [2.24, 2.45) is 0 Å². The molecule has 186 valence electrons. The van der Waals surface area contributed by atoms with Crippen molar-refractivity contribution in [3.63, 3.8) is 0 Å². The van der Waals surface area contributed by atoms with Crippen LogP contribution in [0.5, 0.6) is 0 Å². The second kappa shape index (κ2) is 6.80. The number of sulfone groups is 2. The highest BCUT2D eigenvalue weighted by Gasteiger charge is 2.50. The highest BCUT2D eigenvalue weighted by Crippen LogP contribution is 2.53. The maximum atomic E-state index is 13.8. The van der Waals surface area contributed by atoms with Gasteiger partial charge in [0.1, 0.15) is 0 Å². The SMILES string of the molecule is O=S1(=O)c2ccccc2N2c3cccc4c3B(c3cccc1c32)c1cccc2c1N4c1ccccc1S2(=O)=O. The summed E-state index contributed by atoms with van der Waals surface area (Å²) in [6.07, 6.45) is 0. The summed E-state index contributed by atoms with van der Waals surface area (Å²) in [6.45, 7) is -0.338. The van der Waals surface area contributed by atoms with E-state index in [2.05, 4.69) is 9.80 Å². The second-order valence-electron chi connectivity index (χ2n) is 10.1. The average Bonchev–Trinajstić information content (AvgIpc) is 2.95. The van der Waals surface area contributed by atoms with Crippen LogP contribution >= 0.6 is 0 Å². The average molecular weight is 544 g/mol. The van der Waals surface area contributed by atoms with Crippen LogP contribution in [0.3, 0.4) is 0 Å². The molecule has 0 bridgehead atoms. The van der Waals surface area contributed by atoms with Crippen LogP contribution in [0.4, 0.5) is 34.1 Å². The number of nitrogens with zero attached hydrogens (tertiary/aromatic N) is 2. The first-order valence-electron chi connectivity index (χ1n) is 12.6. The summed E-state index contributed by atoms with van der Waals surface area (Å²) in [6, 6.07) is 31.1. The van der Waals surface area contributed by atoms with Crippen LogP contribution in [0.15, 0.2) is 123 Å². The van der Waals surface area contributed by atoms with Gasteiger partial charge in [0.2, 0.25) is 19.7 Å². The van der Waals surface area contributed by atoms with Crippen LogP contribution < -0.4 is 26.2 Å². The van der Waals surface area contributed by atoms with Gasteiger partial charge in [0, 0.05) is 11.4 Å². The molecule has 0 unspecified atom stereocenters. The Morgan fingerprint density at radius 3 is 1.31 bits per heavy atom. The van der Waals surface area contributed by atoms with Gasteiger partial charge in [-0.25, -0.2) is 16.8 Å². The van der Waals surface area contributed by atoms with Crippen LogP contribution in [-0.2, 0) is 19.7 Å². The van der Waals surface area contributed by atoms with Crippen molar-refractivity contribution >= 4 is 76.9 Å². The molecule has 0 aromatic heterocycles. The van der Waals surface area contributed by atoms with E-state index in [1.807, 2.05) is 54.6 Å². The number of fused-ring (bicyclic) bond motifs is 8. The molecule has 0 amide bonds. The van der Waals surface area contributed by atoms with Crippen LogP contribution in [0.1, 0.15) is 0 Å². The molecular weight excluding hydrogens is 527 g/mol. The predicted molar refractivity (Wildman–Crippen MR) is 151 cm³/mol. The molecule has 9 rings (SSSR count). The minimum atomic E-state index is -3.76. The third kappa shape index (κ3) is 2.36. The predicted octanol–water partition coefficient (Wildman–Crippen LogP) is 4.06. The van der Waals surface area contributed by atoms with Gasteiger partial charge in [-0.15, -0.1) is 0 Å². The molecule has 0 aliphatic carbocycles. The fourth-order valence-corrected chi connectivity index (χ4v) is 10.2. The standard InChI is InChI=1S/C30H17BN2O4S2/c34-38(35)24-14-3-1-10-20(24)32-22-12-7-13-23-28(22)31(18-8-5-16-26(38)29(18)32)19-9-6-17-27-30(19)33(23)21-11-2-4-15-25(21)39(27,36)37/h1-17H. The molecule has 0 atom stereocenters. The lowest BCUT2D eigenvalue weighted by Crippen LogP contribution is -2.62. The quantitative estimate of drug-likeness (QED) is 0.268. The number of hydrogen-bond donors (Lipinski definition) is 0. The summed E-state index contributed by atoms with van der Waals surface area (Å²) in [4.78, 5) is 5.22. The van der Waals surface area contributed by atoms with Crippen molar-refractivity contribution in [2.45, 2.75) is 19.6 Å². The zero-order valence-corrected chi connectivity index (χ0v) is 21.9. The molecule has 5 aromatic carbocycles. The molecule has 9 heteroatoms. The molecule has 4 aliphatic rings. The van der Waals surface area contributed by atoms with E-state index in [1.165, 1.54) is 0 Å². The summed E-state index contributed by atoms with van der Waals surface area (Å²) in [5, 5.41) is 0. The Labute approximate surface area is 225 Å². The summed E-state index contributed by atoms with van der Waals surface area (Å²) >= 11 is 0. The van der Waals surface area contributed by atoms with Gasteiger partial charge < -0.3 is 9.80 Å². The molecule has 0 fully saturated rings. The van der Waals surface area contributed by atoms with Gasteiger partial charge in [0.15, 0.2) is 0 Å². The highest BCUT2D eigenvalue weighted by molar-refractivity contribution is 7.92. The Bertz CT molecular complexity index is 2040. The third-order valence-electron chi connectivity index (χ3n) is 8.33. The van der Waals surface area contributed by atoms with Gasteiger partial charge in [-0.1, -0.05) is 54.6 Å². The zero-order chi connectivity index (χ0) is 26.3. The maximum absolute atomic E-state index is 13.8. The molecular formula is C30H17BN2O4S2. The Hall–Kier alpha value is -4.34. The highest BCUT2D eigenvalue weighted by atomic mass is 32.2. The Balaban J connectivity index is 1.47. The van der Waals surface area contributed by atoms with E-state index in [9.17, 15) is 16.8 Å². The van der Waals surface area contributed by atoms with E-state index in [0.29, 0.717) is 22.7 Å². The van der Waals surface area contributed by atoms with Crippen molar-refractivity contribution in [1.29, 1.82) is 0 Å². The van der Waals surface area contributed by atoms with Gasteiger partial charge >= 0.3 is 0 Å². The number of para-hydroxylation sites is 4. The molecule has 4 aliphatic heterocycles. The number of anilines is 6. The topological polar surface area (TPSA) is 74.8 Å². The summed E-state index contributed by atoms with van der Waals surface area (Å²) in [5.74, 6) is 0. The Kier molecular flexibility index (Phi) is 3.76. The largest absolute Gasteiger partial charge is 0.309 e. The molecule has 4 heterocycles. The zero-order valence-electron chi connectivity index (χ0n) is 20.2. The summed E-state index contributed by atoms with van der Waals surface area (Å²) in [7, 11) is -7.51. The van der Waals surface area contributed by atoms with Crippen molar-refractivity contribution in [1.82, 2.24) is 0 Å². The summed E-state index contributed by atoms with van der Waals surface area (Å²) < 4.78 is 55.3. The van der Waals surface area contributed by atoms with E-state index >= 15 is 0 Å². The number of rotatable bonds is 0. The normalized spacial score (nSPS) is 17.4.